The molecule has 4 nitrogen and oxygen atoms in total. The highest BCUT2D eigenvalue weighted by molar-refractivity contribution is 7.08. The lowest BCUT2D eigenvalue weighted by Crippen LogP contribution is -2.29. The molecule has 1 heterocycles. The molecule has 0 aliphatic rings. The molecule has 1 amide bonds. The third kappa shape index (κ3) is 5.74. The summed E-state index contributed by atoms with van der Waals surface area (Å²) in [5, 5.41) is 15.4. The second-order valence-electron chi connectivity index (χ2n) is 6.05. The summed E-state index contributed by atoms with van der Waals surface area (Å²) in [6.45, 7) is 6.91. The van der Waals surface area contributed by atoms with Crippen molar-refractivity contribution in [2.45, 2.75) is 40.0 Å². The molecule has 0 aliphatic carbocycles. The molecule has 0 bridgehead atoms. The summed E-state index contributed by atoms with van der Waals surface area (Å²) in [5.74, 6) is -0.542. The molecule has 0 aliphatic heterocycles. The minimum absolute atomic E-state index is 0.0442. The first-order chi connectivity index (χ1) is 9.30. The maximum Gasteiger partial charge on any atom is 0.303 e. The molecule has 1 atom stereocenters. The van der Waals surface area contributed by atoms with Crippen LogP contribution in [0.25, 0.3) is 0 Å². The van der Waals surface area contributed by atoms with Crippen LogP contribution in [-0.2, 0) is 4.79 Å². The zero-order chi connectivity index (χ0) is 15.2. The van der Waals surface area contributed by atoms with E-state index in [0.29, 0.717) is 18.5 Å². The summed E-state index contributed by atoms with van der Waals surface area (Å²) in [6, 6.07) is 1.80. The number of carbonyl (C=O) groups excluding carboxylic acids is 1. The van der Waals surface area contributed by atoms with Gasteiger partial charge in [0, 0.05) is 23.9 Å². The molecule has 0 radical (unpaired) electrons. The molecule has 1 rings (SSSR count). The maximum absolute atomic E-state index is 11.8. The van der Waals surface area contributed by atoms with Gasteiger partial charge in [-0.05, 0) is 35.6 Å². The number of thiophene rings is 1. The fraction of sp³-hybridized carbons (Fsp3) is 0.600. The Morgan fingerprint density at radius 1 is 1.35 bits per heavy atom. The van der Waals surface area contributed by atoms with E-state index < -0.39 is 5.97 Å². The highest BCUT2D eigenvalue weighted by atomic mass is 32.1. The van der Waals surface area contributed by atoms with Gasteiger partial charge in [-0.25, -0.2) is 0 Å². The minimum Gasteiger partial charge on any atom is -0.481 e. The van der Waals surface area contributed by atoms with E-state index in [0.717, 1.165) is 6.42 Å². The van der Waals surface area contributed by atoms with Crippen LogP contribution in [0.1, 0.15) is 50.4 Å². The number of amides is 1. The van der Waals surface area contributed by atoms with Gasteiger partial charge in [-0.2, -0.15) is 11.3 Å². The van der Waals surface area contributed by atoms with Crippen LogP contribution in [0.4, 0.5) is 0 Å². The van der Waals surface area contributed by atoms with Crippen molar-refractivity contribution in [3.8, 4) is 0 Å². The topological polar surface area (TPSA) is 66.4 Å². The number of hydrogen-bond donors (Lipinski definition) is 2. The standard InChI is InChI=1S/C15H23NO3S/c1-15(2,3)12(4-5-13(17)18)6-8-16-14(19)11-7-9-20-10-11/h7,9-10,12H,4-6,8H2,1-3H3,(H,16,19)(H,17,18). The highest BCUT2D eigenvalue weighted by Gasteiger charge is 2.24. The summed E-state index contributed by atoms with van der Waals surface area (Å²) in [5.41, 5.74) is 0.732. The third-order valence-corrected chi connectivity index (χ3v) is 4.18. The Kier molecular flexibility index (Phi) is 6.20. The van der Waals surface area contributed by atoms with Gasteiger partial charge in [-0.3, -0.25) is 9.59 Å². The number of aliphatic carboxylic acids is 1. The normalized spacial score (nSPS) is 12.9. The summed E-state index contributed by atoms with van der Waals surface area (Å²) in [7, 11) is 0. The number of nitrogens with one attached hydrogen (secondary N) is 1. The van der Waals surface area contributed by atoms with Gasteiger partial charge in [0.1, 0.15) is 0 Å². The number of carboxylic acids is 1. The quantitative estimate of drug-likeness (QED) is 0.810. The molecule has 0 aromatic carbocycles. The molecule has 0 spiro atoms. The first kappa shape index (κ1) is 16.7. The van der Waals surface area contributed by atoms with Crippen molar-refractivity contribution in [3.05, 3.63) is 22.4 Å². The van der Waals surface area contributed by atoms with Crippen molar-refractivity contribution in [1.82, 2.24) is 5.32 Å². The van der Waals surface area contributed by atoms with Crippen LogP contribution < -0.4 is 5.32 Å². The lowest BCUT2D eigenvalue weighted by atomic mass is 9.76. The molecule has 2 N–H and O–H groups in total. The molecule has 112 valence electrons. The second-order valence-corrected chi connectivity index (χ2v) is 6.83. The second kappa shape index (κ2) is 7.43. The van der Waals surface area contributed by atoms with Crippen molar-refractivity contribution in [2.75, 3.05) is 6.54 Å². The summed E-state index contributed by atoms with van der Waals surface area (Å²) in [6.07, 6.45) is 1.63. The van der Waals surface area contributed by atoms with Crippen LogP contribution in [-0.4, -0.2) is 23.5 Å². The van der Waals surface area contributed by atoms with Crippen LogP contribution >= 0.6 is 11.3 Å². The van der Waals surface area contributed by atoms with Crippen LogP contribution in [0.15, 0.2) is 16.8 Å². The van der Waals surface area contributed by atoms with E-state index in [4.69, 9.17) is 5.11 Å². The van der Waals surface area contributed by atoms with Crippen LogP contribution in [0.3, 0.4) is 0 Å². The van der Waals surface area contributed by atoms with E-state index in [1.807, 2.05) is 10.8 Å². The predicted molar refractivity (Wildman–Crippen MR) is 81.1 cm³/mol. The molecule has 1 unspecified atom stereocenters. The first-order valence-electron chi connectivity index (χ1n) is 6.83. The molecule has 1 aromatic heterocycles. The molecule has 1 aromatic rings. The third-order valence-electron chi connectivity index (χ3n) is 3.49. The average molecular weight is 297 g/mol. The largest absolute Gasteiger partial charge is 0.481 e. The van der Waals surface area contributed by atoms with Gasteiger partial charge in [0.2, 0.25) is 0 Å². The molecule has 5 heteroatoms. The van der Waals surface area contributed by atoms with E-state index in [-0.39, 0.29) is 23.7 Å². The smallest absolute Gasteiger partial charge is 0.303 e. The van der Waals surface area contributed by atoms with Crippen molar-refractivity contribution >= 4 is 23.2 Å². The summed E-state index contributed by atoms with van der Waals surface area (Å²) in [4.78, 5) is 22.5. The minimum atomic E-state index is -0.762. The monoisotopic (exact) mass is 297 g/mol. The van der Waals surface area contributed by atoms with E-state index in [2.05, 4.69) is 26.1 Å². The van der Waals surface area contributed by atoms with Gasteiger partial charge in [0.15, 0.2) is 0 Å². The van der Waals surface area contributed by atoms with E-state index >= 15 is 0 Å². The zero-order valence-corrected chi connectivity index (χ0v) is 13.1. The first-order valence-corrected chi connectivity index (χ1v) is 7.77. The van der Waals surface area contributed by atoms with Crippen LogP contribution in [0.5, 0.6) is 0 Å². The predicted octanol–water partition coefficient (Wildman–Crippen LogP) is 3.40. The Morgan fingerprint density at radius 3 is 2.55 bits per heavy atom. The van der Waals surface area contributed by atoms with Crippen molar-refractivity contribution in [1.29, 1.82) is 0 Å². The van der Waals surface area contributed by atoms with Gasteiger partial charge in [0.25, 0.3) is 5.91 Å². The van der Waals surface area contributed by atoms with E-state index in [9.17, 15) is 9.59 Å². The summed E-state index contributed by atoms with van der Waals surface area (Å²) < 4.78 is 0. The fourth-order valence-electron chi connectivity index (χ4n) is 2.16. The molecule has 20 heavy (non-hydrogen) atoms. The molecular formula is C15H23NO3S. The Bertz CT molecular complexity index is 434. The number of hydrogen-bond acceptors (Lipinski definition) is 3. The Labute approximate surface area is 124 Å². The van der Waals surface area contributed by atoms with Gasteiger partial charge >= 0.3 is 5.97 Å². The van der Waals surface area contributed by atoms with Gasteiger partial charge < -0.3 is 10.4 Å². The van der Waals surface area contributed by atoms with Crippen molar-refractivity contribution < 1.29 is 14.7 Å². The number of rotatable bonds is 7. The zero-order valence-electron chi connectivity index (χ0n) is 12.3. The number of carboxylic acid groups (broad SMARTS) is 1. The van der Waals surface area contributed by atoms with E-state index in [1.165, 1.54) is 11.3 Å². The Balaban J connectivity index is 2.42. The van der Waals surface area contributed by atoms with Gasteiger partial charge in [-0.1, -0.05) is 20.8 Å². The lowest BCUT2D eigenvalue weighted by Gasteiger charge is -2.30. The SMILES string of the molecule is CC(C)(C)C(CCNC(=O)c1ccsc1)CCC(=O)O. The molecule has 0 fully saturated rings. The van der Waals surface area contributed by atoms with Crippen molar-refractivity contribution in [3.63, 3.8) is 0 Å². The lowest BCUT2D eigenvalue weighted by molar-refractivity contribution is -0.137. The summed E-state index contributed by atoms with van der Waals surface area (Å²) >= 11 is 1.50. The average Bonchev–Trinajstić information content (AvgIpc) is 2.84. The molecular weight excluding hydrogens is 274 g/mol. The van der Waals surface area contributed by atoms with Gasteiger partial charge in [0.05, 0.1) is 0 Å². The highest BCUT2D eigenvalue weighted by Crippen LogP contribution is 2.32. The Morgan fingerprint density at radius 2 is 2.05 bits per heavy atom. The van der Waals surface area contributed by atoms with Gasteiger partial charge in [-0.15, -0.1) is 0 Å². The van der Waals surface area contributed by atoms with Crippen LogP contribution in [0, 0.1) is 11.3 Å². The van der Waals surface area contributed by atoms with Crippen LogP contribution in [0.2, 0.25) is 0 Å². The van der Waals surface area contributed by atoms with Crippen molar-refractivity contribution in [2.24, 2.45) is 11.3 Å². The maximum atomic E-state index is 11.8. The Hall–Kier alpha value is -1.36. The molecule has 0 saturated carbocycles. The molecule has 0 saturated heterocycles. The number of carbonyl (C=O) groups is 2. The fourth-order valence-corrected chi connectivity index (χ4v) is 2.80. The van der Waals surface area contributed by atoms with E-state index in [1.54, 1.807) is 6.07 Å².